The van der Waals surface area contributed by atoms with Gasteiger partial charge in [-0.1, -0.05) is 64.5 Å². The van der Waals surface area contributed by atoms with Crippen molar-refractivity contribution in [1.29, 1.82) is 0 Å². The summed E-state index contributed by atoms with van der Waals surface area (Å²) in [5.74, 6) is 1.70. The topological polar surface area (TPSA) is 9.23 Å². The summed E-state index contributed by atoms with van der Waals surface area (Å²) in [6.07, 6.45) is 5.08. The van der Waals surface area contributed by atoms with Gasteiger partial charge in [0.2, 0.25) is 0 Å². The Kier molecular flexibility index (Phi) is 6.36. The summed E-state index contributed by atoms with van der Waals surface area (Å²) in [6.45, 7) is 5.44. The van der Waals surface area contributed by atoms with Crippen molar-refractivity contribution in [2.75, 3.05) is 4.43 Å². The monoisotopic (exact) mass is 450 g/mol. The van der Waals surface area contributed by atoms with Crippen LogP contribution in [0.2, 0.25) is 0 Å². The lowest BCUT2D eigenvalue weighted by molar-refractivity contribution is -0.0720. The van der Waals surface area contributed by atoms with E-state index in [2.05, 4.69) is 76.6 Å². The number of hydrogen-bond donors (Lipinski definition) is 0. The molecule has 1 saturated carbocycles. The minimum atomic E-state index is 0.110. The van der Waals surface area contributed by atoms with E-state index in [4.69, 9.17) is 4.74 Å². The van der Waals surface area contributed by atoms with Crippen LogP contribution in [0.15, 0.2) is 28.7 Å². The minimum absolute atomic E-state index is 0.110. The van der Waals surface area contributed by atoms with E-state index >= 15 is 0 Å². The Morgan fingerprint density at radius 3 is 2.35 bits per heavy atom. The third-order valence-electron chi connectivity index (χ3n) is 4.59. The average molecular weight is 451 g/mol. The van der Waals surface area contributed by atoms with Crippen molar-refractivity contribution in [3.05, 3.63) is 34.3 Å². The molecule has 0 radical (unpaired) electrons. The van der Waals surface area contributed by atoms with Gasteiger partial charge < -0.3 is 4.74 Å². The van der Waals surface area contributed by atoms with E-state index in [1.54, 1.807) is 0 Å². The Hall–Kier alpha value is 0.390. The number of hydrogen-bond acceptors (Lipinski definition) is 1. The zero-order chi connectivity index (χ0) is 14.6. The molecular formula is C17H24BrIO. The predicted molar refractivity (Wildman–Crippen MR) is 97.3 cm³/mol. The van der Waals surface area contributed by atoms with Crippen molar-refractivity contribution in [2.24, 2.45) is 11.8 Å². The number of ether oxygens (including phenoxy) is 1. The van der Waals surface area contributed by atoms with Crippen LogP contribution in [0.25, 0.3) is 0 Å². The molecule has 0 bridgehead atoms. The SMILES string of the molecule is CC(C)C1CCC(CI)(OCc2ccc(Br)cc2)CC1. The number of alkyl halides is 1. The molecule has 20 heavy (non-hydrogen) atoms. The van der Waals surface area contributed by atoms with Gasteiger partial charge in [0.05, 0.1) is 12.2 Å². The van der Waals surface area contributed by atoms with Gasteiger partial charge in [-0.25, -0.2) is 0 Å². The Bertz CT molecular complexity index is 408. The fourth-order valence-corrected chi connectivity index (χ4v) is 4.21. The first-order valence-electron chi connectivity index (χ1n) is 7.49. The van der Waals surface area contributed by atoms with Gasteiger partial charge in [0.1, 0.15) is 0 Å². The maximum atomic E-state index is 6.35. The summed E-state index contributed by atoms with van der Waals surface area (Å²) in [4.78, 5) is 0. The number of halogens is 2. The second-order valence-corrected chi connectivity index (χ2v) is 7.99. The summed E-state index contributed by atoms with van der Waals surface area (Å²) in [6, 6.07) is 8.46. The van der Waals surface area contributed by atoms with Crippen LogP contribution in [0.3, 0.4) is 0 Å². The van der Waals surface area contributed by atoms with E-state index < -0.39 is 0 Å². The molecule has 0 unspecified atom stereocenters. The first-order chi connectivity index (χ1) is 9.54. The highest BCUT2D eigenvalue weighted by Crippen LogP contribution is 2.39. The summed E-state index contributed by atoms with van der Waals surface area (Å²) in [7, 11) is 0. The molecule has 0 aromatic heterocycles. The summed E-state index contributed by atoms with van der Waals surface area (Å²) in [5.41, 5.74) is 1.38. The molecule has 0 atom stereocenters. The zero-order valence-electron chi connectivity index (χ0n) is 12.4. The fraction of sp³-hybridized carbons (Fsp3) is 0.647. The summed E-state index contributed by atoms with van der Waals surface area (Å²) in [5, 5.41) is 0. The molecule has 1 aliphatic rings. The lowest BCUT2D eigenvalue weighted by Crippen LogP contribution is -2.39. The second kappa shape index (κ2) is 7.59. The van der Waals surface area contributed by atoms with Gasteiger partial charge >= 0.3 is 0 Å². The largest absolute Gasteiger partial charge is 0.370 e. The van der Waals surface area contributed by atoms with Gasteiger partial charge in [-0.2, -0.15) is 0 Å². The highest BCUT2D eigenvalue weighted by molar-refractivity contribution is 14.1. The lowest BCUT2D eigenvalue weighted by atomic mass is 9.75. The van der Waals surface area contributed by atoms with Crippen molar-refractivity contribution in [3.63, 3.8) is 0 Å². The maximum Gasteiger partial charge on any atom is 0.0776 e. The predicted octanol–water partition coefficient (Wildman–Crippen LogP) is 5.99. The van der Waals surface area contributed by atoms with Gasteiger partial charge in [0, 0.05) is 8.90 Å². The van der Waals surface area contributed by atoms with Crippen LogP contribution in [0.4, 0.5) is 0 Å². The molecular weight excluding hydrogens is 427 g/mol. The van der Waals surface area contributed by atoms with Crippen molar-refractivity contribution >= 4 is 38.5 Å². The number of rotatable bonds is 5. The normalized spacial score (nSPS) is 26.9. The van der Waals surface area contributed by atoms with Crippen LogP contribution in [0, 0.1) is 11.8 Å². The molecule has 1 fully saturated rings. The van der Waals surface area contributed by atoms with Crippen molar-refractivity contribution < 1.29 is 4.74 Å². The van der Waals surface area contributed by atoms with E-state index in [0.717, 1.165) is 27.3 Å². The molecule has 1 aromatic carbocycles. The van der Waals surface area contributed by atoms with Gasteiger partial charge in [0.15, 0.2) is 0 Å². The van der Waals surface area contributed by atoms with E-state index in [-0.39, 0.29) is 5.60 Å². The van der Waals surface area contributed by atoms with Crippen molar-refractivity contribution in [1.82, 2.24) is 0 Å². The van der Waals surface area contributed by atoms with Gasteiger partial charge in [-0.05, 0) is 55.2 Å². The fourth-order valence-electron chi connectivity index (χ4n) is 2.97. The molecule has 0 spiro atoms. The Labute approximate surface area is 145 Å². The molecule has 3 heteroatoms. The summed E-state index contributed by atoms with van der Waals surface area (Å²) < 4.78 is 8.58. The van der Waals surface area contributed by atoms with E-state index in [0.29, 0.717) is 0 Å². The molecule has 0 aliphatic heterocycles. The first-order valence-corrected chi connectivity index (χ1v) is 9.81. The molecule has 0 N–H and O–H groups in total. The minimum Gasteiger partial charge on any atom is -0.370 e. The Morgan fingerprint density at radius 2 is 1.85 bits per heavy atom. The van der Waals surface area contributed by atoms with Crippen LogP contribution >= 0.6 is 38.5 Å². The molecule has 112 valence electrons. The van der Waals surface area contributed by atoms with Gasteiger partial charge in [-0.3, -0.25) is 0 Å². The van der Waals surface area contributed by atoms with Gasteiger partial charge in [-0.15, -0.1) is 0 Å². The maximum absolute atomic E-state index is 6.35. The van der Waals surface area contributed by atoms with Crippen LogP contribution in [0.1, 0.15) is 45.1 Å². The standard InChI is InChI=1S/C17H24BrIO/c1-13(2)15-7-9-17(12-19,10-8-15)20-11-14-3-5-16(18)6-4-14/h3-6,13,15H,7-12H2,1-2H3. The third kappa shape index (κ3) is 4.44. The molecule has 2 rings (SSSR count). The van der Waals surface area contributed by atoms with Crippen LogP contribution in [0.5, 0.6) is 0 Å². The van der Waals surface area contributed by atoms with Crippen molar-refractivity contribution in [3.8, 4) is 0 Å². The van der Waals surface area contributed by atoms with E-state index in [9.17, 15) is 0 Å². The lowest BCUT2D eigenvalue weighted by Gasteiger charge is -2.40. The quantitative estimate of drug-likeness (QED) is 0.395. The molecule has 0 heterocycles. The second-order valence-electron chi connectivity index (χ2n) is 6.31. The Morgan fingerprint density at radius 1 is 1.25 bits per heavy atom. The van der Waals surface area contributed by atoms with Gasteiger partial charge in [0.25, 0.3) is 0 Å². The smallest absolute Gasteiger partial charge is 0.0776 e. The van der Waals surface area contributed by atoms with Crippen LogP contribution < -0.4 is 0 Å². The highest BCUT2D eigenvalue weighted by atomic mass is 127. The molecule has 1 aromatic rings. The molecule has 0 saturated heterocycles. The average Bonchev–Trinajstić information content (AvgIpc) is 2.47. The molecule has 1 aliphatic carbocycles. The van der Waals surface area contributed by atoms with Crippen LogP contribution in [-0.2, 0) is 11.3 Å². The summed E-state index contributed by atoms with van der Waals surface area (Å²) >= 11 is 5.97. The number of benzene rings is 1. The van der Waals surface area contributed by atoms with Crippen molar-refractivity contribution in [2.45, 2.75) is 51.7 Å². The van der Waals surface area contributed by atoms with E-state index in [1.165, 1.54) is 31.2 Å². The van der Waals surface area contributed by atoms with Crippen LogP contribution in [-0.4, -0.2) is 10.0 Å². The first kappa shape index (κ1) is 16.8. The van der Waals surface area contributed by atoms with E-state index in [1.807, 2.05) is 0 Å². The molecule has 1 nitrogen and oxygen atoms in total. The highest BCUT2D eigenvalue weighted by Gasteiger charge is 2.36. The molecule has 0 amide bonds. The third-order valence-corrected chi connectivity index (χ3v) is 6.50. The zero-order valence-corrected chi connectivity index (χ0v) is 16.1. The Balaban J connectivity index is 1.91.